The second-order valence-electron chi connectivity index (χ2n) is 12.8. The lowest BCUT2D eigenvalue weighted by Crippen LogP contribution is -2.71. The predicted molar refractivity (Wildman–Crippen MR) is 135 cm³/mol. The van der Waals surface area contributed by atoms with Gasteiger partial charge in [-0.25, -0.2) is 13.6 Å². The minimum absolute atomic E-state index is 0.0186. The summed E-state index contributed by atoms with van der Waals surface area (Å²) < 4.78 is 44.6. The molecule has 7 nitrogen and oxygen atoms in total. The van der Waals surface area contributed by atoms with Crippen LogP contribution < -0.4 is 0 Å². The molecule has 1 unspecified atom stereocenters. The molecule has 39 heavy (non-hydrogen) atoms. The van der Waals surface area contributed by atoms with Crippen LogP contribution in [0.1, 0.15) is 72.1 Å². The van der Waals surface area contributed by atoms with Gasteiger partial charge in [0.1, 0.15) is 12.2 Å². The van der Waals surface area contributed by atoms with Crippen LogP contribution >= 0.6 is 0 Å². The van der Waals surface area contributed by atoms with Gasteiger partial charge in [0, 0.05) is 29.1 Å². The lowest BCUT2D eigenvalue weighted by atomic mass is 9.44. The Labute approximate surface area is 227 Å². The number of esters is 2. The van der Waals surface area contributed by atoms with Crippen molar-refractivity contribution in [1.29, 1.82) is 5.26 Å². The lowest BCUT2D eigenvalue weighted by Gasteiger charge is -2.63. The molecule has 4 saturated carbocycles. The van der Waals surface area contributed by atoms with E-state index in [0.29, 0.717) is 0 Å². The van der Waals surface area contributed by atoms with Crippen LogP contribution in [0.5, 0.6) is 0 Å². The van der Waals surface area contributed by atoms with Gasteiger partial charge in [-0.2, -0.15) is 5.26 Å². The van der Waals surface area contributed by atoms with E-state index in [2.05, 4.69) is 0 Å². The normalized spacial score (nSPS) is 45.0. The average Bonchev–Trinajstić information content (AvgIpc) is 3.46. The first-order valence-electron chi connectivity index (χ1n) is 14.1. The number of carbonyl (C=O) groups excluding carboxylic acids is 3. The van der Waals surface area contributed by atoms with E-state index < -0.39 is 76.5 Å². The van der Waals surface area contributed by atoms with Gasteiger partial charge in [-0.3, -0.25) is 9.59 Å². The van der Waals surface area contributed by atoms with Crippen molar-refractivity contribution in [3.8, 4) is 6.07 Å². The average molecular weight is 546 g/mol. The molecule has 0 aromatic heterocycles. The van der Waals surface area contributed by atoms with Gasteiger partial charge in [-0.15, -0.1) is 0 Å². The van der Waals surface area contributed by atoms with E-state index in [0.717, 1.165) is 31.8 Å². The zero-order valence-electron chi connectivity index (χ0n) is 22.8. The topological polar surface area (TPSA) is 114 Å². The Morgan fingerprint density at radius 3 is 2.56 bits per heavy atom. The summed E-state index contributed by atoms with van der Waals surface area (Å²) in [7, 11) is 0. The minimum Gasteiger partial charge on any atom is -0.447 e. The van der Waals surface area contributed by atoms with Crippen molar-refractivity contribution in [2.24, 2.45) is 34.5 Å². The van der Waals surface area contributed by atoms with Gasteiger partial charge in [0.05, 0.1) is 6.10 Å². The van der Waals surface area contributed by atoms with Gasteiger partial charge in [0.15, 0.2) is 18.1 Å². The standard InChI is InChI=1S/C30H37F2NO6/c1-17-12-20-21-15-23(31)22-14-19(34)8-9-27(22,2)29(21,32)24(35)16-28(20,3)30(17,26(37)38-11-10-33)39-25(36)13-18-6-4-5-7-18/h8-9,14,17-18,20-21,23-24,35H,4-7,11-13,15-16H2,1-3H3/t17-,20+,21+,23+,24+,27+,28+,29?,30+/m1/s1. The third-order valence-electron chi connectivity index (χ3n) is 10.9. The smallest absolute Gasteiger partial charge is 0.352 e. The first-order valence-corrected chi connectivity index (χ1v) is 14.1. The number of ketones is 1. The zero-order valence-corrected chi connectivity index (χ0v) is 22.8. The Balaban J connectivity index is 1.57. The predicted octanol–water partition coefficient (Wildman–Crippen LogP) is 4.48. The van der Waals surface area contributed by atoms with E-state index in [1.54, 1.807) is 19.9 Å². The number of fused-ring (bicyclic) bond motifs is 5. The van der Waals surface area contributed by atoms with Gasteiger partial charge >= 0.3 is 11.9 Å². The van der Waals surface area contributed by atoms with Crippen molar-refractivity contribution < 1.29 is 37.7 Å². The largest absolute Gasteiger partial charge is 0.447 e. The van der Waals surface area contributed by atoms with Crippen molar-refractivity contribution in [2.75, 3.05) is 6.61 Å². The van der Waals surface area contributed by atoms with E-state index in [-0.39, 0.29) is 37.2 Å². The Kier molecular flexibility index (Phi) is 6.81. The number of aliphatic hydroxyl groups excluding tert-OH is 1. The summed E-state index contributed by atoms with van der Waals surface area (Å²) in [6.07, 6.45) is 4.14. The number of alkyl halides is 2. The van der Waals surface area contributed by atoms with E-state index >= 15 is 8.78 Å². The SMILES string of the molecule is C[C@@H]1C[C@H]2[C@@H]3C[C@H](F)C4=CC(=O)C=C[C@]4(C)C3(F)[C@@H](O)C[C@]2(C)[C@@]1(OC(=O)CC1CCCC1)C(=O)OCC#N. The second kappa shape index (κ2) is 9.50. The number of aliphatic hydroxyl groups is 1. The monoisotopic (exact) mass is 545 g/mol. The maximum Gasteiger partial charge on any atom is 0.352 e. The summed E-state index contributed by atoms with van der Waals surface area (Å²) in [6, 6.07) is 1.77. The quantitative estimate of drug-likeness (QED) is 0.507. The second-order valence-corrected chi connectivity index (χ2v) is 12.8. The Morgan fingerprint density at radius 2 is 1.90 bits per heavy atom. The molecule has 0 amide bonds. The number of allylic oxidation sites excluding steroid dienone is 4. The lowest BCUT2D eigenvalue weighted by molar-refractivity contribution is -0.239. The van der Waals surface area contributed by atoms with Gasteiger partial charge in [-0.05, 0) is 68.6 Å². The first-order chi connectivity index (χ1) is 18.3. The molecule has 0 aliphatic heterocycles. The number of carbonyl (C=O) groups is 3. The number of halogens is 2. The first kappa shape index (κ1) is 27.9. The molecule has 9 heteroatoms. The minimum atomic E-state index is -2.32. The summed E-state index contributed by atoms with van der Waals surface area (Å²) in [6.45, 7) is 4.39. The molecular formula is C30H37F2NO6. The number of nitrogens with zero attached hydrogens (tertiary/aromatic N) is 1. The van der Waals surface area contributed by atoms with Gasteiger partial charge in [0.2, 0.25) is 5.60 Å². The van der Waals surface area contributed by atoms with E-state index in [9.17, 15) is 19.5 Å². The number of ether oxygens (including phenoxy) is 2. The maximum absolute atomic E-state index is 17.5. The number of rotatable bonds is 5. The summed E-state index contributed by atoms with van der Waals surface area (Å²) in [5, 5.41) is 20.7. The van der Waals surface area contributed by atoms with E-state index in [1.807, 2.05) is 0 Å². The van der Waals surface area contributed by atoms with Crippen LogP contribution in [0.4, 0.5) is 8.78 Å². The molecule has 0 radical (unpaired) electrons. The number of hydrogen-bond acceptors (Lipinski definition) is 7. The van der Waals surface area contributed by atoms with Crippen LogP contribution in [0, 0.1) is 45.8 Å². The molecule has 9 atom stereocenters. The molecule has 0 aromatic rings. The number of nitriles is 1. The van der Waals surface area contributed by atoms with Crippen LogP contribution in [0.2, 0.25) is 0 Å². The van der Waals surface area contributed by atoms with Gasteiger partial charge in [0.25, 0.3) is 0 Å². The van der Waals surface area contributed by atoms with E-state index in [1.165, 1.54) is 19.1 Å². The summed E-state index contributed by atoms with van der Waals surface area (Å²) >= 11 is 0. The summed E-state index contributed by atoms with van der Waals surface area (Å²) in [5.41, 5.74) is -7.00. The molecular weight excluding hydrogens is 508 g/mol. The van der Waals surface area contributed by atoms with Crippen LogP contribution in [0.3, 0.4) is 0 Å². The molecule has 0 saturated heterocycles. The molecule has 5 rings (SSSR count). The van der Waals surface area contributed by atoms with Crippen molar-refractivity contribution >= 4 is 17.7 Å². The van der Waals surface area contributed by atoms with Crippen molar-refractivity contribution in [3.05, 3.63) is 23.8 Å². The third-order valence-corrected chi connectivity index (χ3v) is 10.9. The van der Waals surface area contributed by atoms with Gasteiger partial charge in [-0.1, -0.05) is 32.8 Å². The Hall–Kier alpha value is -2.60. The van der Waals surface area contributed by atoms with Crippen molar-refractivity contribution in [3.63, 3.8) is 0 Å². The van der Waals surface area contributed by atoms with Gasteiger partial charge < -0.3 is 14.6 Å². The molecule has 0 heterocycles. The molecule has 0 aromatic carbocycles. The van der Waals surface area contributed by atoms with Crippen LogP contribution in [0.25, 0.3) is 0 Å². The zero-order chi connectivity index (χ0) is 28.4. The number of hydrogen-bond donors (Lipinski definition) is 1. The van der Waals surface area contributed by atoms with Crippen molar-refractivity contribution in [2.45, 2.75) is 95.7 Å². The van der Waals surface area contributed by atoms with Crippen LogP contribution in [-0.2, 0) is 23.9 Å². The van der Waals surface area contributed by atoms with Crippen LogP contribution in [-0.4, -0.2) is 53.0 Å². The maximum atomic E-state index is 17.5. The molecule has 212 valence electrons. The fourth-order valence-electron chi connectivity index (χ4n) is 9.09. The van der Waals surface area contributed by atoms with E-state index in [4.69, 9.17) is 14.7 Å². The molecule has 4 fully saturated rings. The molecule has 0 spiro atoms. The molecule has 5 aliphatic carbocycles. The van der Waals surface area contributed by atoms with Crippen LogP contribution in [0.15, 0.2) is 23.8 Å². The Bertz CT molecular complexity index is 1170. The van der Waals surface area contributed by atoms with Crippen molar-refractivity contribution in [1.82, 2.24) is 0 Å². The highest BCUT2D eigenvalue weighted by Gasteiger charge is 2.78. The fourth-order valence-corrected chi connectivity index (χ4v) is 9.09. The highest BCUT2D eigenvalue weighted by atomic mass is 19.1. The fraction of sp³-hybridized carbons (Fsp3) is 0.733. The summed E-state index contributed by atoms with van der Waals surface area (Å²) in [5.74, 6) is -4.02. The highest BCUT2D eigenvalue weighted by Crippen LogP contribution is 2.71. The molecule has 5 aliphatic rings. The Morgan fingerprint density at radius 1 is 1.21 bits per heavy atom. The summed E-state index contributed by atoms with van der Waals surface area (Å²) in [4.78, 5) is 39.1. The highest BCUT2D eigenvalue weighted by molar-refractivity contribution is 6.01. The molecule has 1 N–H and O–H groups in total. The molecule has 0 bridgehead atoms. The third kappa shape index (κ3) is 3.77.